The van der Waals surface area contributed by atoms with Crippen molar-refractivity contribution in [2.75, 3.05) is 0 Å². The predicted molar refractivity (Wildman–Crippen MR) is 158 cm³/mol. The first-order valence-corrected chi connectivity index (χ1v) is 16.1. The molecule has 4 aliphatic carbocycles. The Morgan fingerprint density at radius 1 is 0.974 bits per heavy atom. The first kappa shape index (κ1) is 28.0. The minimum atomic E-state index is -0.0234. The topological polar surface area (TPSA) is 26.3 Å². The molecule has 0 amide bonds. The highest BCUT2D eigenvalue weighted by molar-refractivity contribution is 5.70. The minimum absolute atomic E-state index is 0.0234. The van der Waals surface area contributed by atoms with E-state index >= 15 is 0 Å². The molecule has 5 rings (SSSR count). The van der Waals surface area contributed by atoms with Crippen molar-refractivity contribution in [1.82, 2.24) is 0 Å². The molecule has 1 aromatic carbocycles. The van der Waals surface area contributed by atoms with Crippen molar-refractivity contribution < 1.29 is 9.53 Å². The van der Waals surface area contributed by atoms with Crippen LogP contribution in [0, 0.1) is 46.3 Å². The summed E-state index contributed by atoms with van der Waals surface area (Å²) in [5.74, 6) is 5.20. The zero-order chi connectivity index (χ0) is 26.9. The van der Waals surface area contributed by atoms with Crippen molar-refractivity contribution in [3.8, 4) is 0 Å². The summed E-state index contributed by atoms with van der Waals surface area (Å²) in [6.45, 7) is 12.6. The molecule has 0 heterocycles. The van der Waals surface area contributed by atoms with Gasteiger partial charge in [0.05, 0.1) is 0 Å². The molecule has 4 aliphatic rings. The molecule has 3 fully saturated rings. The van der Waals surface area contributed by atoms with E-state index in [0.717, 1.165) is 54.8 Å². The van der Waals surface area contributed by atoms with Crippen LogP contribution in [0.3, 0.4) is 0 Å². The number of rotatable bonds is 9. The third-order valence-electron chi connectivity index (χ3n) is 12.0. The van der Waals surface area contributed by atoms with Crippen molar-refractivity contribution in [3.05, 3.63) is 47.5 Å². The molecule has 0 radical (unpaired) electrons. The number of aryl methyl sites for hydroxylation is 1. The second-order valence-electron chi connectivity index (χ2n) is 14.6. The van der Waals surface area contributed by atoms with Crippen LogP contribution in [0.25, 0.3) is 0 Å². The van der Waals surface area contributed by atoms with E-state index in [2.05, 4.69) is 52.8 Å². The van der Waals surface area contributed by atoms with Crippen LogP contribution in [0.1, 0.15) is 117 Å². The predicted octanol–water partition coefficient (Wildman–Crippen LogP) is 9.57. The molecule has 2 heteroatoms. The van der Waals surface area contributed by atoms with E-state index in [0.29, 0.717) is 17.3 Å². The van der Waals surface area contributed by atoms with Crippen LogP contribution in [-0.4, -0.2) is 12.1 Å². The van der Waals surface area contributed by atoms with Gasteiger partial charge >= 0.3 is 5.97 Å². The van der Waals surface area contributed by atoms with Gasteiger partial charge in [0.25, 0.3) is 0 Å². The number of hydrogen-bond acceptors (Lipinski definition) is 2. The van der Waals surface area contributed by atoms with Crippen LogP contribution in [0.4, 0.5) is 0 Å². The molecule has 0 unspecified atom stereocenters. The monoisotopic (exact) mass is 518 g/mol. The highest BCUT2D eigenvalue weighted by atomic mass is 16.5. The van der Waals surface area contributed by atoms with E-state index in [1.807, 2.05) is 18.2 Å². The van der Waals surface area contributed by atoms with Gasteiger partial charge in [0.2, 0.25) is 0 Å². The lowest BCUT2D eigenvalue weighted by molar-refractivity contribution is -0.151. The third kappa shape index (κ3) is 5.53. The Morgan fingerprint density at radius 2 is 1.76 bits per heavy atom. The Bertz CT molecular complexity index is 978. The van der Waals surface area contributed by atoms with Gasteiger partial charge < -0.3 is 4.74 Å². The maximum absolute atomic E-state index is 12.7. The zero-order valence-electron chi connectivity index (χ0n) is 25.0. The number of carbonyl (C=O) groups is 1. The average Bonchev–Trinajstić information content (AvgIpc) is 3.25. The highest BCUT2D eigenvalue weighted by Crippen LogP contribution is 2.67. The Hall–Kier alpha value is -1.57. The maximum Gasteiger partial charge on any atom is 0.306 e. The lowest BCUT2D eigenvalue weighted by Crippen LogP contribution is -2.51. The van der Waals surface area contributed by atoms with Gasteiger partial charge in [-0.3, -0.25) is 4.79 Å². The Morgan fingerprint density at radius 3 is 2.53 bits per heavy atom. The first-order valence-electron chi connectivity index (χ1n) is 16.1. The molecule has 0 aliphatic heterocycles. The standard InChI is InChI=1S/C36H54O2/c1-25(2)10-9-11-26(3)31-17-18-32-30-16-15-28-24-29(38-34(37)19-14-27-12-7-6-8-13-27)20-22-35(28,4)33(30)21-23-36(31,32)5/h6-8,12-13,15,25-26,29-33H,9-11,14,16-24H2,1-5H3/t26-,29+,30-,31+,32-,33+,35+,36-/m1/s1. The van der Waals surface area contributed by atoms with Crippen LogP contribution < -0.4 is 0 Å². The van der Waals surface area contributed by atoms with Gasteiger partial charge in [-0.1, -0.05) is 95.9 Å². The van der Waals surface area contributed by atoms with E-state index in [9.17, 15) is 4.79 Å². The lowest BCUT2D eigenvalue weighted by atomic mass is 9.47. The van der Waals surface area contributed by atoms with Crippen molar-refractivity contribution >= 4 is 5.97 Å². The minimum Gasteiger partial charge on any atom is -0.462 e. The summed E-state index contributed by atoms with van der Waals surface area (Å²) in [6, 6.07) is 10.3. The van der Waals surface area contributed by atoms with Crippen molar-refractivity contribution in [2.45, 2.75) is 124 Å². The average molecular weight is 519 g/mol. The molecular formula is C36H54O2. The SMILES string of the molecule is CC(C)CCC[C@@H](C)[C@@H]1CC[C@@H]2[C@H]3CC=C4C[C@@H](OC(=O)CCc5ccccc5)CC[C@]4(C)[C@H]3CC[C@@]21C. The normalized spacial score (nSPS) is 37.1. The van der Waals surface area contributed by atoms with Gasteiger partial charge in [0, 0.05) is 12.8 Å². The number of esters is 1. The maximum atomic E-state index is 12.7. The molecule has 210 valence electrons. The fraction of sp³-hybridized carbons (Fsp3) is 0.750. The molecule has 0 N–H and O–H groups in total. The highest BCUT2D eigenvalue weighted by Gasteiger charge is 2.59. The molecule has 2 nitrogen and oxygen atoms in total. The van der Waals surface area contributed by atoms with Gasteiger partial charge in [-0.2, -0.15) is 0 Å². The number of ether oxygens (including phenoxy) is 1. The molecule has 3 saturated carbocycles. The van der Waals surface area contributed by atoms with E-state index in [4.69, 9.17) is 4.74 Å². The number of carbonyl (C=O) groups excluding carboxylic acids is 1. The van der Waals surface area contributed by atoms with E-state index in [-0.39, 0.29) is 12.1 Å². The summed E-state index contributed by atoms with van der Waals surface area (Å²) in [4.78, 5) is 12.7. The van der Waals surface area contributed by atoms with Crippen molar-refractivity contribution in [2.24, 2.45) is 46.3 Å². The molecule has 1 aromatic rings. The molecule has 0 saturated heterocycles. The van der Waals surface area contributed by atoms with E-state index in [1.54, 1.807) is 5.57 Å². The van der Waals surface area contributed by atoms with Gasteiger partial charge in [-0.25, -0.2) is 0 Å². The number of fused-ring (bicyclic) bond motifs is 5. The number of benzene rings is 1. The van der Waals surface area contributed by atoms with Gasteiger partial charge in [0.1, 0.15) is 6.10 Å². The van der Waals surface area contributed by atoms with E-state index < -0.39 is 0 Å². The van der Waals surface area contributed by atoms with Gasteiger partial charge in [-0.15, -0.1) is 0 Å². The van der Waals surface area contributed by atoms with Crippen LogP contribution in [0.5, 0.6) is 0 Å². The molecule has 8 atom stereocenters. The molecular weight excluding hydrogens is 464 g/mol. The summed E-state index contributed by atoms with van der Waals surface area (Å²) in [5.41, 5.74) is 3.69. The Labute approximate surface area is 233 Å². The van der Waals surface area contributed by atoms with Crippen molar-refractivity contribution in [3.63, 3.8) is 0 Å². The van der Waals surface area contributed by atoms with Crippen LogP contribution in [0.15, 0.2) is 42.0 Å². The third-order valence-corrected chi connectivity index (χ3v) is 12.0. The lowest BCUT2D eigenvalue weighted by Gasteiger charge is -2.58. The smallest absolute Gasteiger partial charge is 0.306 e. The second kappa shape index (κ2) is 11.5. The quantitative estimate of drug-likeness (QED) is 0.240. The number of hydrogen-bond donors (Lipinski definition) is 0. The molecule has 0 aromatic heterocycles. The summed E-state index contributed by atoms with van der Waals surface area (Å²) in [6.07, 6.45) is 18.4. The Balaban J connectivity index is 1.19. The van der Waals surface area contributed by atoms with E-state index in [1.165, 1.54) is 63.4 Å². The van der Waals surface area contributed by atoms with Crippen molar-refractivity contribution in [1.29, 1.82) is 0 Å². The number of allylic oxidation sites excluding steroid dienone is 1. The van der Waals surface area contributed by atoms with Crippen LogP contribution in [-0.2, 0) is 16.0 Å². The van der Waals surface area contributed by atoms with Crippen LogP contribution >= 0.6 is 0 Å². The van der Waals surface area contributed by atoms with Crippen LogP contribution in [0.2, 0.25) is 0 Å². The fourth-order valence-corrected chi connectivity index (χ4v) is 9.89. The summed E-state index contributed by atoms with van der Waals surface area (Å²) in [5, 5.41) is 0. The Kier molecular flexibility index (Phi) is 8.47. The van der Waals surface area contributed by atoms with Gasteiger partial charge in [0.15, 0.2) is 0 Å². The molecule has 0 spiro atoms. The van der Waals surface area contributed by atoms with Gasteiger partial charge in [-0.05, 0) is 103 Å². The fourth-order valence-electron chi connectivity index (χ4n) is 9.89. The largest absolute Gasteiger partial charge is 0.462 e. The zero-order valence-corrected chi connectivity index (χ0v) is 25.0. The summed E-state index contributed by atoms with van der Waals surface area (Å²) < 4.78 is 6.04. The second-order valence-corrected chi connectivity index (χ2v) is 14.6. The molecule has 38 heavy (non-hydrogen) atoms. The summed E-state index contributed by atoms with van der Waals surface area (Å²) in [7, 11) is 0. The molecule has 0 bridgehead atoms. The summed E-state index contributed by atoms with van der Waals surface area (Å²) >= 11 is 0. The first-order chi connectivity index (χ1) is 18.2.